The molecule has 6 nitrogen and oxygen atoms in total. The van der Waals surface area contributed by atoms with Gasteiger partial charge in [0.1, 0.15) is 11.0 Å². The summed E-state index contributed by atoms with van der Waals surface area (Å²) in [6, 6.07) is 10.8. The molecular weight excluding hydrogens is 304 g/mol. The van der Waals surface area contributed by atoms with Crippen molar-refractivity contribution < 1.29 is 9.53 Å². The number of nitrogen functional groups attached to an aromatic ring is 1. The number of hydrogen-bond acceptors (Lipinski definition) is 5. The molecule has 24 heavy (non-hydrogen) atoms. The van der Waals surface area contributed by atoms with Crippen LogP contribution in [0.2, 0.25) is 0 Å². The average molecular weight is 324 g/mol. The van der Waals surface area contributed by atoms with Gasteiger partial charge in [0, 0.05) is 5.69 Å². The van der Waals surface area contributed by atoms with Gasteiger partial charge in [0.25, 0.3) is 0 Å². The highest BCUT2D eigenvalue weighted by Crippen LogP contribution is 2.19. The molecule has 0 fully saturated rings. The number of aromatic nitrogens is 3. The van der Waals surface area contributed by atoms with E-state index in [0.29, 0.717) is 17.9 Å². The first-order valence-electron chi connectivity index (χ1n) is 7.99. The fourth-order valence-corrected chi connectivity index (χ4v) is 2.32. The fraction of sp³-hybridized carbons (Fsp3) is 0.278. The summed E-state index contributed by atoms with van der Waals surface area (Å²) in [5.74, 6) is -0.308. The third-order valence-corrected chi connectivity index (χ3v) is 3.83. The lowest BCUT2D eigenvalue weighted by molar-refractivity contribution is 0.0500. The quantitative estimate of drug-likeness (QED) is 0.442. The molecule has 0 aliphatic rings. The van der Waals surface area contributed by atoms with Gasteiger partial charge in [-0.1, -0.05) is 13.3 Å². The molecule has 2 aromatic carbocycles. The van der Waals surface area contributed by atoms with Gasteiger partial charge in [-0.25, -0.2) is 4.79 Å². The van der Waals surface area contributed by atoms with Crippen molar-refractivity contribution in [3.8, 4) is 5.69 Å². The summed E-state index contributed by atoms with van der Waals surface area (Å²) in [7, 11) is 0. The molecule has 0 atom stereocenters. The molecular formula is C18H20N4O2. The first kappa shape index (κ1) is 16.0. The molecule has 0 bridgehead atoms. The van der Waals surface area contributed by atoms with Crippen LogP contribution in [0.1, 0.15) is 35.7 Å². The van der Waals surface area contributed by atoms with E-state index in [0.717, 1.165) is 35.1 Å². The van der Waals surface area contributed by atoms with Crippen LogP contribution in [0.15, 0.2) is 36.4 Å². The monoisotopic (exact) mass is 324 g/mol. The summed E-state index contributed by atoms with van der Waals surface area (Å²) in [6.07, 6.45) is 1.87. The van der Waals surface area contributed by atoms with Crippen molar-refractivity contribution in [2.45, 2.75) is 26.7 Å². The number of aryl methyl sites for hydroxylation is 1. The number of rotatable bonds is 5. The topological polar surface area (TPSA) is 83.0 Å². The van der Waals surface area contributed by atoms with Crippen LogP contribution in [-0.4, -0.2) is 27.6 Å². The minimum absolute atomic E-state index is 0.308. The van der Waals surface area contributed by atoms with E-state index < -0.39 is 0 Å². The number of esters is 1. The van der Waals surface area contributed by atoms with Crippen molar-refractivity contribution >= 4 is 22.7 Å². The van der Waals surface area contributed by atoms with E-state index in [4.69, 9.17) is 10.5 Å². The lowest BCUT2D eigenvalue weighted by atomic mass is 10.2. The van der Waals surface area contributed by atoms with Gasteiger partial charge < -0.3 is 10.5 Å². The molecule has 0 aliphatic heterocycles. The largest absolute Gasteiger partial charge is 0.462 e. The molecule has 0 saturated carbocycles. The molecule has 0 saturated heterocycles. The minimum atomic E-state index is -0.308. The van der Waals surface area contributed by atoms with E-state index in [1.165, 1.54) is 4.80 Å². The first-order valence-corrected chi connectivity index (χ1v) is 7.99. The first-order chi connectivity index (χ1) is 11.6. The predicted molar refractivity (Wildman–Crippen MR) is 93.2 cm³/mol. The second kappa shape index (κ2) is 6.70. The van der Waals surface area contributed by atoms with Gasteiger partial charge in [-0.15, -0.1) is 10.2 Å². The number of anilines is 1. The number of hydrogen-bond donors (Lipinski definition) is 1. The van der Waals surface area contributed by atoms with Gasteiger partial charge in [-0.05, 0) is 55.3 Å². The Morgan fingerprint density at radius 2 is 1.83 bits per heavy atom. The Morgan fingerprint density at radius 3 is 2.50 bits per heavy atom. The van der Waals surface area contributed by atoms with Gasteiger partial charge in [-0.3, -0.25) is 0 Å². The SMILES string of the molecule is CCCCOC(=O)c1ccc(-n2nc3cc(C)c(N)cc3n2)cc1. The molecule has 6 heteroatoms. The van der Waals surface area contributed by atoms with Crippen LogP contribution in [0.3, 0.4) is 0 Å². The summed E-state index contributed by atoms with van der Waals surface area (Å²) in [5.41, 5.74) is 10.4. The zero-order valence-electron chi connectivity index (χ0n) is 13.8. The Hall–Kier alpha value is -2.89. The highest BCUT2D eigenvalue weighted by Gasteiger charge is 2.10. The molecule has 1 aromatic heterocycles. The zero-order valence-corrected chi connectivity index (χ0v) is 13.8. The second-order valence-electron chi connectivity index (χ2n) is 5.72. The van der Waals surface area contributed by atoms with E-state index in [2.05, 4.69) is 17.1 Å². The Labute approximate surface area is 140 Å². The molecule has 124 valence electrons. The smallest absolute Gasteiger partial charge is 0.338 e. The van der Waals surface area contributed by atoms with E-state index in [1.54, 1.807) is 24.3 Å². The van der Waals surface area contributed by atoms with Crippen molar-refractivity contribution in [1.29, 1.82) is 0 Å². The van der Waals surface area contributed by atoms with Gasteiger partial charge in [0.2, 0.25) is 0 Å². The number of unbranched alkanes of at least 4 members (excludes halogenated alkanes) is 1. The number of benzene rings is 2. The highest BCUT2D eigenvalue weighted by atomic mass is 16.5. The maximum absolute atomic E-state index is 11.9. The summed E-state index contributed by atoms with van der Waals surface area (Å²) >= 11 is 0. The predicted octanol–water partition coefficient (Wildman–Crippen LogP) is 3.27. The molecule has 3 aromatic rings. The normalized spacial score (nSPS) is 10.9. The van der Waals surface area contributed by atoms with E-state index in [9.17, 15) is 4.79 Å². The van der Waals surface area contributed by atoms with Crippen LogP contribution in [-0.2, 0) is 4.74 Å². The Kier molecular flexibility index (Phi) is 4.46. The number of carbonyl (C=O) groups is 1. The number of nitrogens with zero attached hydrogens (tertiary/aromatic N) is 3. The lowest BCUT2D eigenvalue weighted by Crippen LogP contribution is -2.07. The van der Waals surface area contributed by atoms with Crippen molar-refractivity contribution in [2.24, 2.45) is 0 Å². The van der Waals surface area contributed by atoms with Crippen LogP contribution in [0.25, 0.3) is 16.7 Å². The molecule has 0 spiro atoms. The molecule has 2 N–H and O–H groups in total. The van der Waals surface area contributed by atoms with E-state index >= 15 is 0 Å². The number of nitrogens with two attached hydrogens (primary N) is 1. The summed E-state index contributed by atoms with van der Waals surface area (Å²) in [4.78, 5) is 13.4. The fourth-order valence-electron chi connectivity index (χ4n) is 2.32. The molecule has 0 amide bonds. The Balaban J connectivity index is 1.81. The van der Waals surface area contributed by atoms with Gasteiger partial charge >= 0.3 is 5.97 Å². The van der Waals surface area contributed by atoms with Crippen molar-refractivity contribution in [1.82, 2.24) is 15.0 Å². The Morgan fingerprint density at radius 1 is 1.17 bits per heavy atom. The number of ether oxygens (including phenoxy) is 1. The molecule has 0 unspecified atom stereocenters. The standard InChI is InChI=1S/C18H20N4O2/c1-3-4-9-24-18(23)13-5-7-14(8-6-13)22-20-16-10-12(2)15(19)11-17(16)21-22/h5-8,10-11H,3-4,9,19H2,1-2H3. The Bertz CT molecular complexity index is 830. The minimum Gasteiger partial charge on any atom is -0.462 e. The zero-order chi connectivity index (χ0) is 17.1. The van der Waals surface area contributed by atoms with Crippen molar-refractivity contribution in [2.75, 3.05) is 12.3 Å². The number of fused-ring (bicyclic) bond motifs is 1. The van der Waals surface area contributed by atoms with Gasteiger partial charge in [0.05, 0.1) is 17.9 Å². The molecule has 0 radical (unpaired) electrons. The number of carbonyl (C=O) groups excluding carboxylic acids is 1. The molecule has 0 aliphatic carbocycles. The van der Waals surface area contributed by atoms with Crippen LogP contribution < -0.4 is 5.73 Å². The maximum Gasteiger partial charge on any atom is 0.338 e. The van der Waals surface area contributed by atoms with E-state index in [1.807, 2.05) is 19.1 Å². The maximum atomic E-state index is 11.9. The van der Waals surface area contributed by atoms with Crippen LogP contribution in [0.5, 0.6) is 0 Å². The van der Waals surface area contributed by atoms with Crippen LogP contribution >= 0.6 is 0 Å². The van der Waals surface area contributed by atoms with Crippen LogP contribution in [0.4, 0.5) is 5.69 Å². The third kappa shape index (κ3) is 3.22. The van der Waals surface area contributed by atoms with Crippen LogP contribution in [0, 0.1) is 6.92 Å². The molecule has 1 heterocycles. The highest BCUT2D eigenvalue weighted by molar-refractivity contribution is 5.89. The molecule has 3 rings (SSSR count). The second-order valence-corrected chi connectivity index (χ2v) is 5.72. The summed E-state index contributed by atoms with van der Waals surface area (Å²) < 4.78 is 5.20. The van der Waals surface area contributed by atoms with E-state index in [-0.39, 0.29) is 5.97 Å². The van der Waals surface area contributed by atoms with Gasteiger partial charge in [-0.2, -0.15) is 4.80 Å². The summed E-state index contributed by atoms with van der Waals surface area (Å²) in [6.45, 7) is 4.44. The third-order valence-electron chi connectivity index (χ3n) is 3.83. The van der Waals surface area contributed by atoms with Gasteiger partial charge in [0.15, 0.2) is 0 Å². The lowest BCUT2D eigenvalue weighted by Gasteiger charge is -2.04. The van der Waals surface area contributed by atoms with Crippen molar-refractivity contribution in [3.05, 3.63) is 47.5 Å². The average Bonchev–Trinajstić information content (AvgIpc) is 2.98. The summed E-state index contributed by atoms with van der Waals surface area (Å²) in [5, 5.41) is 8.88. The van der Waals surface area contributed by atoms with Crippen molar-refractivity contribution in [3.63, 3.8) is 0 Å².